The number of fused-ring (bicyclic) bond motifs is 1. The minimum atomic E-state index is -4.40. The molecule has 3 heterocycles. The Bertz CT molecular complexity index is 865. The zero-order chi connectivity index (χ0) is 19.6. The van der Waals surface area contributed by atoms with Crippen molar-refractivity contribution in [2.75, 3.05) is 32.1 Å². The number of aliphatic hydroxyl groups is 1. The average molecular weight is 383 g/mol. The molecule has 1 fully saturated rings. The van der Waals surface area contributed by atoms with E-state index in [4.69, 9.17) is 5.11 Å². The van der Waals surface area contributed by atoms with Crippen LogP contribution in [0.25, 0.3) is 5.52 Å². The number of piperidine rings is 1. The Balaban J connectivity index is 2.00. The van der Waals surface area contributed by atoms with Crippen molar-refractivity contribution in [1.29, 1.82) is 0 Å². The second-order valence-corrected chi connectivity index (χ2v) is 6.75. The fourth-order valence-electron chi connectivity index (χ4n) is 3.41. The van der Waals surface area contributed by atoms with Crippen LogP contribution in [0.3, 0.4) is 0 Å². The summed E-state index contributed by atoms with van der Waals surface area (Å²) in [7, 11) is 1.85. The van der Waals surface area contributed by atoms with Crippen molar-refractivity contribution in [3.8, 4) is 11.8 Å². The van der Waals surface area contributed by atoms with Crippen LogP contribution in [0.5, 0.6) is 0 Å². The van der Waals surface area contributed by atoms with Gasteiger partial charge in [0.1, 0.15) is 12.8 Å². The van der Waals surface area contributed by atoms with E-state index in [1.54, 1.807) is 18.2 Å². The Morgan fingerprint density at radius 3 is 2.81 bits per heavy atom. The number of hydrogen-bond acceptors (Lipinski definition) is 3. The summed E-state index contributed by atoms with van der Waals surface area (Å²) in [5, 5.41) is 12.0. The zero-order valence-electron chi connectivity index (χ0n) is 14.9. The highest BCUT2D eigenvalue weighted by atomic mass is 19.4. The molecule has 27 heavy (non-hydrogen) atoms. The van der Waals surface area contributed by atoms with Gasteiger partial charge in [0.15, 0.2) is 0 Å². The fourth-order valence-corrected chi connectivity index (χ4v) is 3.41. The summed E-state index contributed by atoms with van der Waals surface area (Å²) in [4.78, 5) is 1.91. The molecule has 0 unspecified atom stereocenters. The van der Waals surface area contributed by atoms with Crippen LogP contribution >= 0.6 is 0 Å². The minimum absolute atomic E-state index is 0.00211. The first-order valence-electron chi connectivity index (χ1n) is 8.67. The molecule has 0 bridgehead atoms. The SMILES string of the molecule is CN1CC[C@@H](Nc2cccn3c(CC(F)(F)F)c(C#CCO)cc23)[C@@H](F)C1. The molecule has 146 valence electrons. The van der Waals surface area contributed by atoms with Gasteiger partial charge in [-0.2, -0.15) is 13.2 Å². The number of nitrogens with one attached hydrogen (secondary N) is 1. The summed E-state index contributed by atoms with van der Waals surface area (Å²) >= 11 is 0. The van der Waals surface area contributed by atoms with E-state index >= 15 is 0 Å². The minimum Gasteiger partial charge on any atom is -0.384 e. The predicted molar refractivity (Wildman–Crippen MR) is 95.5 cm³/mol. The van der Waals surface area contributed by atoms with Gasteiger partial charge in [0.05, 0.1) is 23.7 Å². The van der Waals surface area contributed by atoms with Crippen molar-refractivity contribution < 1.29 is 22.7 Å². The van der Waals surface area contributed by atoms with Crippen molar-refractivity contribution in [2.24, 2.45) is 0 Å². The van der Waals surface area contributed by atoms with Crippen LogP contribution in [0.4, 0.5) is 23.2 Å². The largest absolute Gasteiger partial charge is 0.394 e. The third-order valence-corrected chi connectivity index (χ3v) is 4.67. The molecular formula is C19H21F4N3O. The number of anilines is 1. The highest BCUT2D eigenvalue weighted by molar-refractivity contribution is 5.76. The maximum atomic E-state index is 14.3. The number of hydrogen-bond donors (Lipinski definition) is 2. The predicted octanol–water partition coefficient (Wildman–Crippen LogP) is 2.84. The zero-order valence-corrected chi connectivity index (χ0v) is 14.9. The number of pyridine rings is 1. The summed E-state index contributed by atoms with van der Waals surface area (Å²) in [6.07, 6.45) is -4.47. The van der Waals surface area contributed by atoms with E-state index in [9.17, 15) is 17.6 Å². The van der Waals surface area contributed by atoms with Crippen LogP contribution in [0.1, 0.15) is 17.7 Å². The molecular weight excluding hydrogens is 362 g/mol. The van der Waals surface area contributed by atoms with Gasteiger partial charge in [-0.05, 0) is 31.7 Å². The van der Waals surface area contributed by atoms with Gasteiger partial charge in [-0.1, -0.05) is 11.8 Å². The van der Waals surface area contributed by atoms with Crippen molar-refractivity contribution in [3.05, 3.63) is 35.7 Å². The quantitative estimate of drug-likeness (QED) is 0.633. The molecule has 2 N–H and O–H groups in total. The highest BCUT2D eigenvalue weighted by Crippen LogP contribution is 2.30. The molecule has 1 aliphatic rings. The van der Waals surface area contributed by atoms with E-state index in [-0.39, 0.29) is 11.3 Å². The van der Waals surface area contributed by atoms with Crippen LogP contribution in [0.15, 0.2) is 24.4 Å². The fraction of sp³-hybridized carbons (Fsp3) is 0.474. The summed E-state index contributed by atoms with van der Waals surface area (Å²) in [5.41, 5.74) is 1.28. The molecule has 4 nitrogen and oxygen atoms in total. The monoisotopic (exact) mass is 383 g/mol. The number of likely N-dealkylation sites (tertiary alicyclic amines) is 1. The van der Waals surface area contributed by atoms with Gasteiger partial charge in [-0.25, -0.2) is 4.39 Å². The van der Waals surface area contributed by atoms with Gasteiger partial charge < -0.3 is 19.7 Å². The van der Waals surface area contributed by atoms with E-state index in [2.05, 4.69) is 17.2 Å². The van der Waals surface area contributed by atoms with E-state index in [1.165, 1.54) is 10.6 Å². The van der Waals surface area contributed by atoms with Crippen molar-refractivity contribution >= 4 is 11.2 Å². The molecule has 0 spiro atoms. The summed E-state index contributed by atoms with van der Waals surface area (Å²) in [5.74, 6) is 4.99. The third-order valence-electron chi connectivity index (χ3n) is 4.67. The first kappa shape index (κ1) is 19.5. The molecule has 0 aromatic carbocycles. The number of alkyl halides is 4. The first-order chi connectivity index (χ1) is 12.8. The van der Waals surface area contributed by atoms with Crippen molar-refractivity contribution in [3.63, 3.8) is 0 Å². The smallest absolute Gasteiger partial charge is 0.384 e. The van der Waals surface area contributed by atoms with Crippen LogP contribution < -0.4 is 5.32 Å². The van der Waals surface area contributed by atoms with Gasteiger partial charge in [-0.3, -0.25) is 0 Å². The molecule has 2 aromatic rings. The van der Waals surface area contributed by atoms with E-state index in [0.29, 0.717) is 24.2 Å². The summed E-state index contributed by atoms with van der Waals surface area (Å²) < 4.78 is 54.9. The Labute approximate surface area is 154 Å². The lowest BCUT2D eigenvalue weighted by molar-refractivity contribution is -0.128. The lowest BCUT2D eigenvalue weighted by Crippen LogP contribution is -2.46. The average Bonchev–Trinajstić information content (AvgIpc) is 2.92. The number of rotatable bonds is 3. The molecule has 1 saturated heterocycles. The Hall–Kier alpha value is -2.24. The van der Waals surface area contributed by atoms with Crippen LogP contribution in [0.2, 0.25) is 0 Å². The number of aliphatic hydroxyl groups excluding tert-OH is 1. The van der Waals surface area contributed by atoms with Crippen molar-refractivity contribution in [2.45, 2.75) is 31.2 Å². The standard InChI is InChI=1S/C19H21F4N3O/c1-25-8-6-15(14(20)12-25)24-16-5-2-7-26-17(16)10-13(4-3-9-27)18(26)11-19(21,22)23/h2,5,7,10,14-15,24,27H,6,8-9,11-12H2,1H3/t14-,15+/m0/s1. The van der Waals surface area contributed by atoms with E-state index in [0.717, 1.165) is 6.54 Å². The van der Waals surface area contributed by atoms with Gasteiger partial charge in [-0.15, -0.1) is 0 Å². The molecule has 0 aliphatic carbocycles. The normalized spacial score (nSPS) is 21.1. The maximum Gasteiger partial charge on any atom is 0.394 e. The van der Waals surface area contributed by atoms with Gasteiger partial charge in [0, 0.05) is 30.5 Å². The van der Waals surface area contributed by atoms with Gasteiger partial charge in [0.25, 0.3) is 0 Å². The summed E-state index contributed by atoms with van der Waals surface area (Å²) in [6.45, 7) is 0.616. The van der Waals surface area contributed by atoms with E-state index in [1.807, 2.05) is 11.9 Å². The van der Waals surface area contributed by atoms with Crippen LogP contribution in [-0.4, -0.2) is 59.5 Å². The molecule has 0 radical (unpaired) electrons. The Kier molecular flexibility index (Phi) is 5.63. The topological polar surface area (TPSA) is 39.9 Å². The molecule has 0 saturated carbocycles. The maximum absolute atomic E-state index is 14.3. The Morgan fingerprint density at radius 1 is 1.37 bits per heavy atom. The molecule has 1 aliphatic heterocycles. The van der Waals surface area contributed by atoms with E-state index < -0.39 is 31.4 Å². The third kappa shape index (κ3) is 4.54. The number of aromatic nitrogens is 1. The molecule has 0 amide bonds. The van der Waals surface area contributed by atoms with Crippen LogP contribution in [0, 0.1) is 11.8 Å². The van der Waals surface area contributed by atoms with Gasteiger partial charge >= 0.3 is 6.18 Å². The lowest BCUT2D eigenvalue weighted by atomic mass is 10.0. The number of halogens is 4. The van der Waals surface area contributed by atoms with Crippen molar-refractivity contribution in [1.82, 2.24) is 9.30 Å². The van der Waals surface area contributed by atoms with Gasteiger partial charge in [0.2, 0.25) is 0 Å². The molecule has 8 heteroatoms. The van der Waals surface area contributed by atoms with Crippen LogP contribution in [-0.2, 0) is 6.42 Å². The first-order valence-corrected chi connectivity index (χ1v) is 8.67. The Morgan fingerprint density at radius 2 is 2.15 bits per heavy atom. The summed E-state index contributed by atoms with van der Waals surface area (Å²) in [6, 6.07) is 4.50. The lowest BCUT2D eigenvalue weighted by Gasteiger charge is -2.33. The number of nitrogens with zero attached hydrogens (tertiary/aromatic N) is 2. The molecule has 2 atom stereocenters. The second-order valence-electron chi connectivity index (χ2n) is 6.75. The second kappa shape index (κ2) is 7.79. The highest BCUT2D eigenvalue weighted by Gasteiger charge is 2.31. The molecule has 3 rings (SSSR count). The molecule has 2 aromatic heterocycles.